The average molecular weight is 236 g/mol. The number of aliphatic hydroxyl groups excluding tert-OH is 1. The Balaban J connectivity index is 2.02. The molecule has 0 bridgehead atoms. The first-order valence-corrected chi connectivity index (χ1v) is 6.15. The molecule has 1 fully saturated rings. The fraction of sp³-hybridized carbons (Fsp3) is 0.667. The molecule has 1 aliphatic carbocycles. The van der Waals surface area contributed by atoms with Gasteiger partial charge in [-0.2, -0.15) is 4.98 Å². The fourth-order valence-electron chi connectivity index (χ4n) is 2.12. The number of rotatable bonds is 3. The second-order valence-corrected chi connectivity index (χ2v) is 4.63. The summed E-state index contributed by atoms with van der Waals surface area (Å²) in [5, 5.41) is 15.8. The van der Waals surface area contributed by atoms with Crippen LogP contribution in [0, 0.1) is 6.92 Å². The first-order chi connectivity index (χ1) is 8.19. The van der Waals surface area contributed by atoms with E-state index in [4.69, 9.17) is 0 Å². The van der Waals surface area contributed by atoms with Crippen molar-refractivity contribution >= 4 is 11.8 Å². The molecule has 0 radical (unpaired) electrons. The van der Waals surface area contributed by atoms with Crippen molar-refractivity contribution in [1.29, 1.82) is 0 Å². The van der Waals surface area contributed by atoms with E-state index in [0.717, 1.165) is 37.1 Å². The predicted molar refractivity (Wildman–Crippen MR) is 68.2 cm³/mol. The Morgan fingerprint density at radius 2 is 2.00 bits per heavy atom. The second kappa shape index (κ2) is 5.31. The third-order valence-corrected chi connectivity index (χ3v) is 3.23. The molecule has 0 unspecified atom stereocenters. The number of hydrogen-bond acceptors (Lipinski definition) is 5. The van der Waals surface area contributed by atoms with Crippen LogP contribution in [-0.2, 0) is 0 Å². The number of aliphatic hydroxyl groups is 1. The standard InChI is InChI=1S/C12H20N4O/c1-8-7-14-12(13-2)16-11(8)15-9-3-5-10(17)6-4-9/h7,9-10,17H,3-6H2,1-2H3,(H2,13,14,15,16). The molecule has 0 spiro atoms. The summed E-state index contributed by atoms with van der Waals surface area (Å²) in [7, 11) is 1.81. The molecule has 5 nitrogen and oxygen atoms in total. The minimum absolute atomic E-state index is 0.118. The summed E-state index contributed by atoms with van der Waals surface area (Å²) in [6.07, 6.45) is 5.45. The molecule has 17 heavy (non-hydrogen) atoms. The third kappa shape index (κ3) is 3.06. The number of nitrogens with zero attached hydrogens (tertiary/aromatic N) is 2. The van der Waals surface area contributed by atoms with Crippen LogP contribution in [0.5, 0.6) is 0 Å². The number of aryl methyl sites for hydroxylation is 1. The number of aromatic nitrogens is 2. The Bertz CT molecular complexity index is 375. The van der Waals surface area contributed by atoms with Crippen LogP contribution in [-0.4, -0.2) is 34.3 Å². The SMILES string of the molecule is CNc1ncc(C)c(NC2CCC(O)CC2)n1. The largest absolute Gasteiger partial charge is 0.393 e. The van der Waals surface area contributed by atoms with Crippen molar-refractivity contribution in [2.24, 2.45) is 0 Å². The summed E-state index contributed by atoms with van der Waals surface area (Å²) in [4.78, 5) is 8.57. The molecule has 94 valence electrons. The molecular weight excluding hydrogens is 216 g/mol. The molecule has 0 aromatic carbocycles. The number of nitrogens with one attached hydrogen (secondary N) is 2. The maximum Gasteiger partial charge on any atom is 0.224 e. The van der Waals surface area contributed by atoms with Crippen molar-refractivity contribution in [3.8, 4) is 0 Å². The first kappa shape index (κ1) is 12.1. The van der Waals surface area contributed by atoms with Gasteiger partial charge in [-0.15, -0.1) is 0 Å². The van der Waals surface area contributed by atoms with Crippen molar-refractivity contribution < 1.29 is 5.11 Å². The zero-order valence-corrected chi connectivity index (χ0v) is 10.4. The highest BCUT2D eigenvalue weighted by atomic mass is 16.3. The van der Waals surface area contributed by atoms with E-state index in [0.29, 0.717) is 12.0 Å². The predicted octanol–water partition coefficient (Wildman–Crippen LogP) is 1.54. The number of anilines is 2. The van der Waals surface area contributed by atoms with Gasteiger partial charge in [-0.3, -0.25) is 0 Å². The molecule has 1 heterocycles. The van der Waals surface area contributed by atoms with E-state index >= 15 is 0 Å². The van der Waals surface area contributed by atoms with Crippen molar-refractivity contribution in [3.05, 3.63) is 11.8 Å². The minimum Gasteiger partial charge on any atom is -0.393 e. The topological polar surface area (TPSA) is 70.1 Å². The van der Waals surface area contributed by atoms with Gasteiger partial charge in [0.05, 0.1) is 6.10 Å². The van der Waals surface area contributed by atoms with Gasteiger partial charge in [-0.05, 0) is 32.6 Å². The van der Waals surface area contributed by atoms with Gasteiger partial charge in [0.2, 0.25) is 5.95 Å². The van der Waals surface area contributed by atoms with Gasteiger partial charge in [0, 0.05) is 24.8 Å². The molecule has 0 aliphatic heterocycles. The molecular formula is C12H20N4O. The highest BCUT2D eigenvalue weighted by molar-refractivity contribution is 5.46. The molecule has 3 N–H and O–H groups in total. The Kier molecular flexibility index (Phi) is 3.78. The molecule has 0 atom stereocenters. The van der Waals surface area contributed by atoms with E-state index in [1.807, 2.05) is 20.2 Å². The van der Waals surface area contributed by atoms with Gasteiger partial charge >= 0.3 is 0 Å². The molecule has 5 heteroatoms. The van der Waals surface area contributed by atoms with Crippen molar-refractivity contribution in [3.63, 3.8) is 0 Å². The van der Waals surface area contributed by atoms with Crippen LogP contribution >= 0.6 is 0 Å². The summed E-state index contributed by atoms with van der Waals surface area (Å²) in [5.74, 6) is 1.53. The highest BCUT2D eigenvalue weighted by Gasteiger charge is 2.20. The normalized spacial score (nSPS) is 24.4. The summed E-state index contributed by atoms with van der Waals surface area (Å²) in [6, 6.07) is 0.414. The van der Waals surface area contributed by atoms with Gasteiger partial charge in [0.25, 0.3) is 0 Å². The van der Waals surface area contributed by atoms with Gasteiger partial charge in [0.15, 0.2) is 0 Å². The van der Waals surface area contributed by atoms with Crippen molar-refractivity contribution in [2.45, 2.75) is 44.8 Å². The lowest BCUT2D eigenvalue weighted by molar-refractivity contribution is 0.126. The van der Waals surface area contributed by atoms with Crippen molar-refractivity contribution in [2.75, 3.05) is 17.7 Å². The van der Waals surface area contributed by atoms with E-state index in [2.05, 4.69) is 20.6 Å². The van der Waals surface area contributed by atoms with Crippen molar-refractivity contribution in [1.82, 2.24) is 9.97 Å². The lowest BCUT2D eigenvalue weighted by Crippen LogP contribution is -2.29. The van der Waals surface area contributed by atoms with Crippen LogP contribution in [0.2, 0.25) is 0 Å². The van der Waals surface area contributed by atoms with Crippen LogP contribution < -0.4 is 10.6 Å². The van der Waals surface area contributed by atoms with Gasteiger partial charge in [0.1, 0.15) is 5.82 Å². The smallest absolute Gasteiger partial charge is 0.224 e. The third-order valence-electron chi connectivity index (χ3n) is 3.23. The Labute approximate surface area is 102 Å². The summed E-state index contributed by atoms with van der Waals surface area (Å²) in [5.41, 5.74) is 1.05. The first-order valence-electron chi connectivity index (χ1n) is 6.15. The molecule has 1 aliphatic rings. The van der Waals surface area contributed by atoms with Crippen LogP contribution in [0.3, 0.4) is 0 Å². The maximum absolute atomic E-state index is 9.47. The van der Waals surface area contributed by atoms with E-state index < -0.39 is 0 Å². The quantitative estimate of drug-likeness (QED) is 0.742. The zero-order chi connectivity index (χ0) is 12.3. The van der Waals surface area contributed by atoms with E-state index in [1.54, 1.807) is 0 Å². The van der Waals surface area contributed by atoms with E-state index in [9.17, 15) is 5.11 Å². The minimum atomic E-state index is -0.118. The summed E-state index contributed by atoms with van der Waals surface area (Å²) < 4.78 is 0. The van der Waals surface area contributed by atoms with Crippen LogP contribution in [0.25, 0.3) is 0 Å². The lowest BCUT2D eigenvalue weighted by Gasteiger charge is -2.27. The lowest BCUT2D eigenvalue weighted by atomic mass is 9.93. The highest BCUT2D eigenvalue weighted by Crippen LogP contribution is 2.23. The molecule has 1 aromatic rings. The zero-order valence-electron chi connectivity index (χ0n) is 10.4. The summed E-state index contributed by atoms with van der Waals surface area (Å²) in [6.45, 7) is 2.00. The van der Waals surface area contributed by atoms with Crippen LogP contribution in [0.15, 0.2) is 6.20 Å². The molecule has 1 aromatic heterocycles. The Morgan fingerprint density at radius 3 is 2.65 bits per heavy atom. The average Bonchev–Trinajstić information content (AvgIpc) is 2.35. The van der Waals surface area contributed by atoms with Gasteiger partial charge in [-0.25, -0.2) is 4.98 Å². The Morgan fingerprint density at radius 1 is 1.29 bits per heavy atom. The molecule has 0 amide bonds. The number of hydrogen-bond donors (Lipinski definition) is 3. The second-order valence-electron chi connectivity index (χ2n) is 4.63. The monoisotopic (exact) mass is 236 g/mol. The Hall–Kier alpha value is -1.36. The van der Waals surface area contributed by atoms with Crippen LogP contribution in [0.4, 0.5) is 11.8 Å². The molecule has 0 saturated heterocycles. The fourth-order valence-corrected chi connectivity index (χ4v) is 2.12. The molecule has 2 rings (SSSR count). The maximum atomic E-state index is 9.47. The van der Waals surface area contributed by atoms with Crippen LogP contribution in [0.1, 0.15) is 31.2 Å². The van der Waals surface area contributed by atoms with E-state index in [-0.39, 0.29) is 6.10 Å². The summed E-state index contributed by atoms with van der Waals surface area (Å²) >= 11 is 0. The van der Waals surface area contributed by atoms with E-state index in [1.165, 1.54) is 0 Å². The molecule has 1 saturated carbocycles. The van der Waals surface area contributed by atoms with Gasteiger partial charge < -0.3 is 15.7 Å². The van der Waals surface area contributed by atoms with Gasteiger partial charge in [-0.1, -0.05) is 0 Å².